The van der Waals surface area contributed by atoms with Crippen molar-refractivity contribution in [2.45, 2.75) is 26.7 Å². The Hall–Kier alpha value is -1.60. The average Bonchev–Trinajstić information content (AvgIpc) is 2.37. The smallest absolute Gasteiger partial charge is 0.103 e. The minimum atomic E-state index is 0.679. The van der Waals surface area contributed by atoms with E-state index in [0.29, 0.717) is 11.5 Å². The zero-order chi connectivity index (χ0) is 13.8. The molecule has 1 aromatic heterocycles. The van der Waals surface area contributed by atoms with Crippen LogP contribution in [0.1, 0.15) is 29.8 Å². The number of likely N-dealkylation sites (tertiary alicyclic amines) is 1. The largest absolute Gasteiger partial charge is 0.384 e. The molecule has 0 aliphatic carbocycles. The van der Waals surface area contributed by atoms with Crippen LogP contribution in [0.3, 0.4) is 0 Å². The van der Waals surface area contributed by atoms with E-state index in [2.05, 4.69) is 28.3 Å². The van der Waals surface area contributed by atoms with Crippen LogP contribution < -0.4 is 5.32 Å². The van der Waals surface area contributed by atoms with Crippen molar-refractivity contribution < 1.29 is 0 Å². The summed E-state index contributed by atoms with van der Waals surface area (Å²) in [6.45, 7) is 7.16. The Bertz CT molecular complexity index is 482. The third-order valence-corrected chi connectivity index (χ3v) is 3.86. The molecule has 2 rings (SSSR count). The molecule has 0 aromatic carbocycles. The Balaban J connectivity index is 2.01. The second-order valence-corrected chi connectivity index (χ2v) is 5.51. The van der Waals surface area contributed by atoms with Crippen LogP contribution in [0.4, 0.5) is 5.69 Å². The molecule has 1 N–H and O–H groups in total. The molecule has 0 bridgehead atoms. The van der Waals surface area contributed by atoms with Crippen molar-refractivity contribution in [2.24, 2.45) is 5.92 Å². The van der Waals surface area contributed by atoms with Crippen molar-refractivity contribution in [1.82, 2.24) is 9.88 Å². The van der Waals surface area contributed by atoms with Gasteiger partial charge in [0, 0.05) is 12.2 Å². The first-order valence-electron chi connectivity index (χ1n) is 6.91. The minimum absolute atomic E-state index is 0.679. The van der Waals surface area contributed by atoms with Crippen molar-refractivity contribution in [3.05, 3.63) is 23.0 Å². The maximum absolute atomic E-state index is 9.23. The number of pyridine rings is 1. The van der Waals surface area contributed by atoms with Gasteiger partial charge in [0.15, 0.2) is 0 Å². The summed E-state index contributed by atoms with van der Waals surface area (Å²) in [4.78, 5) is 6.71. The van der Waals surface area contributed by atoms with Crippen molar-refractivity contribution >= 4 is 5.69 Å². The lowest BCUT2D eigenvalue weighted by atomic mass is 9.97. The molecule has 102 valence electrons. The molecule has 4 nitrogen and oxygen atoms in total. The lowest BCUT2D eigenvalue weighted by molar-refractivity contribution is 0.226. The summed E-state index contributed by atoms with van der Waals surface area (Å²) >= 11 is 0. The van der Waals surface area contributed by atoms with Crippen LogP contribution >= 0.6 is 0 Å². The summed E-state index contributed by atoms with van der Waals surface area (Å²) in [6.07, 6.45) is 2.46. The first-order valence-corrected chi connectivity index (χ1v) is 6.91. The summed E-state index contributed by atoms with van der Waals surface area (Å²) in [5, 5.41) is 12.7. The third kappa shape index (κ3) is 3.45. The number of anilines is 1. The maximum atomic E-state index is 9.23. The second-order valence-electron chi connectivity index (χ2n) is 5.51. The number of nitrogens with zero attached hydrogens (tertiary/aromatic N) is 3. The maximum Gasteiger partial charge on any atom is 0.103 e. The van der Waals surface area contributed by atoms with Crippen LogP contribution in [-0.2, 0) is 0 Å². The number of rotatable bonds is 3. The Morgan fingerprint density at radius 3 is 2.74 bits per heavy atom. The highest BCUT2D eigenvalue weighted by molar-refractivity contribution is 5.59. The van der Waals surface area contributed by atoms with Crippen LogP contribution in [0.25, 0.3) is 0 Å². The summed E-state index contributed by atoms with van der Waals surface area (Å²) in [7, 11) is 2.17. The molecule has 1 aliphatic heterocycles. The first-order chi connectivity index (χ1) is 9.10. The monoisotopic (exact) mass is 258 g/mol. The van der Waals surface area contributed by atoms with Crippen LogP contribution in [0.2, 0.25) is 0 Å². The molecule has 4 heteroatoms. The van der Waals surface area contributed by atoms with E-state index in [-0.39, 0.29) is 0 Å². The number of aryl methyl sites for hydroxylation is 2. The van der Waals surface area contributed by atoms with Crippen molar-refractivity contribution in [3.63, 3.8) is 0 Å². The van der Waals surface area contributed by atoms with Crippen LogP contribution in [0.5, 0.6) is 0 Å². The van der Waals surface area contributed by atoms with E-state index in [4.69, 9.17) is 0 Å². The molecule has 19 heavy (non-hydrogen) atoms. The fourth-order valence-electron chi connectivity index (χ4n) is 2.63. The van der Waals surface area contributed by atoms with Gasteiger partial charge in [0.25, 0.3) is 0 Å². The number of aromatic nitrogens is 1. The molecular formula is C15H22N4. The summed E-state index contributed by atoms with van der Waals surface area (Å²) in [6, 6.07) is 4.23. The van der Waals surface area contributed by atoms with Gasteiger partial charge in [0.2, 0.25) is 0 Å². The second kappa shape index (κ2) is 6.03. The van der Waals surface area contributed by atoms with Crippen molar-refractivity contribution in [2.75, 3.05) is 32.0 Å². The fourth-order valence-corrected chi connectivity index (χ4v) is 2.63. The van der Waals surface area contributed by atoms with Gasteiger partial charge in [-0.1, -0.05) is 0 Å². The summed E-state index contributed by atoms with van der Waals surface area (Å²) in [5.41, 5.74) is 3.39. The predicted molar refractivity (Wildman–Crippen MR) is 77.1 cm³/mol. The van der Waals surface area contributed by atoms with Gasteiger partial charge >= 0.3 is 0 Å². The van der Waals surface area contributed by atoms with E-state index in [9.17, 15) is 5.26 Å². The van der Waals surface area contributed by atoms with E-state index in [1.165, 1.54) is 25.9 Å². The lowest BCUT2D eigenvalue weighted by Crippen LogP contribution is -2.33. The Labute approximate surface area is 115 Å². The van der Waals surface area contributed by atoms with Gasteiger partial charge in [-0.05, 0) is 58.8 Å². The molecule has 2 heterocycles. The fraction of sp³-hybridized carbons (Fsp3) is 0.600. The molecule has 1 saturated heterocycles. The Kier molecular flexibility index (Phi) is 4.39. The molecule has 0 atom stereocenters. The number of hydrogen-bond acceptors (Lipinski definition) is 4. The topological polar surface area (TPSA) is 52.0 Å². The normalized spacial score (nSPS) is 17.2. The molecular weight excluding hydrogens is 236 g/mol. The molecule has 1 aromatic rings. The highest BCUT2D eigenvalue weighted by atomic mass is 15.1. The van der Waals surface area contributed by atoms with E-state index in [0.717, 1.165) is 23.6 Å². The zero-order valence-electron chi connectivity index (χ0n) is 12.0. The van der Waals surface area contributed by atoms with E-state index in [1.807, 2.05) is 19.9 Å². The minimum Gasteiger partial charge on any atom is -0.384 e. The molecule has 0 spiro atoms. The molecule has 0 amide bonds. The standard InChI is InChI=1S/C15H22N4/c1-11-8-15(14(9-16)12(2)18-11)17-10-13-4-6-19(3)7-5-13/h8,13H,4-7,10H2,1-3H3,(H,17,18). The number of piperidine rings is 1. The lowest BCUT2D eigenvalue weighted by Gasteiger charge is -2.29. The third-order valence-electron chi connectivity index (χ3n) is 3.86. The van der Waals surface area contributed by atoms with Gasteiger partial charge in [-0.2, -0.15) is 5.26 Å². The Morgan fingerprint density at radius 1 is 1.42 bits per heavy atom. The highest BCUT2D eigenvalue weighted by Gasteiger charge is 2.17. The quantitative estimate of drug-likeness (QED) is 0.904. The zero-order valence-corrected chi connectivity index (χ0v) is 12.0. The summed E-state index contributed by atoms with van der Waals surface area (Å²) in [5.74, 6) is 0.705. The van der Waals surface area contributed by atoms with Crippen molar-refractivity contribution in [3.8, 4) is 6.07 Å². The van der Waals surface area contributed by atoms with Crippen molar-refractivity contribution in [1.29, 1.82) is 5.26 Å². The predicted octanol–water partition coefficient (Wildman–Crippen LogP) is 2.32. The highest BCUT2D eigenvalue weighted by Crippen LogP contribution is 2.21. The van der Waals surface area contributed by atoms with E-state index in [1.54, 1.807) is 0 Å². The van der Waals surface area contributed by atoms with Crippen LogP contribution in [0, 0.1) is 31.1 Å². The average molecular weight is 258 g/mol. The SMILES string of the molecule is Cc1cc(NCC2CCN(C)CC2)c(C#N)c(C)n1. The number of hydrogen-bond donors (Lipinski definition) is 1. The number of nitriles is 1. The molecule has 0 unspecified atom stereocenters. The summed E-state index contributed by atoms with van der Waals surface area (Å²) < 4.78 is 0. The van der Waals surface area contributed by atoms with E-state index >= 15 is 0 Å². The van der Waals surface area contributed by atoms with Gasteiger partial charge < -0.3 is 10.2 Å². The molecule has 1 fully saturated rings. The first kappa shape index (κ1) is 13.8. The molecule has 1 aliphatic rings. The van der Waals surface area contributed by atoms with Crippen LogP contribution in [0.15, 0.2) is 6.07 Å². The van der Waals surface area contributed by atoms with Gasteiger partial charge in [0.1, 0.15) is 6.07 Å². The van der Waals surface area contributed by atoms with Crippen LogP contribution in [-0.4, -0.2) is 36.6 Å². The molecule has 0 radical (unpaired) electrons. The van der Waals surface area contributed by atoms with Gasteiger partial charge in [-0.25, -0.2) is 0 Å². The van der Waals surface area contributed by atoms with Gasteiger partial charge in [-0.3, -0.25) is 4.98 Å². The Morgan fingerprint density at radius 2 is 2.11 bits per heavy atom. The van der Waals surface area contributed by atoms with E-state index < -0.39 is 0 Å². The molecule has 0 saturated carbocycles. The van der Waals surface area contributed by atoms with Gasteiger partial charge in [0.05, 0.1) is 16.9 Å². The number of nitrogens with one attached hydrogen (secondary N) is 1. The van der Waals surface area contributed by atoms with Gasteiger partial charge in [-0.15, -0.1) is 0 Å².